The first kappa shape index (κ1) is 13.2. The van der Waals surface area contributed by atoms with Crippen LogP contribution >= 0.6 is 0 Å². The predicted molar refractivity (Wildman–Crippen MR) is 66.4 cm³/mol. The van der Waals surface area contributed by atoms with Gasteiger partial charge in [0.05, 0.1) is 6.61 Å². The Morgan fingerprint density at radius 3 is 2.25 bits per heavy atom. The van der Waals surface area contributed by atoms with Crippen molar-refractivity contribution in [1.82, 2.24) is 0 Å². The van der Waals surface area contributed by atoms with Crippen molar-refractivity contribution in [3.63, 3.8) is 0 Å². The van der Waals surface area contributed by atoms with E-state index in [2.05, 4.69) is 12.1 Å². The minimum Gasteiger partial charge on any atom is -0.385 e. The smallest absolute Gasteiger partial charge is 0.0716 e. The maximum Gasteiger partial charge on any atom is 0.0716 e. The van der Waals surface area contributed by atoms with Crippen LogP contribution < -0.4 is 0 Å². The van der Waals surface area contributed by atoms with Crippen LogP contribution in [0.15, 0.2) is 30.3 Å². The van der Waals surface area contributed by atoms with E-state index in [4.69, 9.17) is 9.47 Å². The van der Waals surface area contributed by atoms with Gasteiger partial charge in [-0.3, -0.25) is 0 Å². The first-order valence-corrected chi connectivity index (χ1v) is 6.04. The Kier molecular flexibility index (Phi) is 7.74. The lowest BCUT2D eigenvalue weighted by atomic mass is 10.2. The molecule has 0 saturated heterocycles. The first-order valence-electron chi connectivity index (χ1n) is 6.04. The van der Waals surface area contributed by atoms with Gasteiger partial charge in [-0.25, -0.2) is 0 Å². The van der Waals surface area contributed by atoms with Gasteiger partial charge in [-0.1, -0.05) is 43.2 Å². The number of benzene rings is 1. The van der Waals surface area contributed by atoms with Gasteiger partial charge >= 0.3 is 0 Å². The molecule has 0 atom stereocenters. The average Bonchev–Trinajstić information content (AvgIpc) is 2.34. The van der Waals surface area contributed by atoms with Crippen LogP contribution in [-0.2, 0) is 16.1 Å². The van der Waals surface area contributed by atoms with Gasteiger partial charge in [0.25, 0.3) is 0 Å². The molecule has 0 amide bonds. The van der Waals surface area contributed by atoms with E-state index in [1.165, 1.54) is 18.4 Å². The second kappa shape index (κ2) is 9.37. The quantitative estimate of drug-likeness (QED) is 0.596. The number of methoxy groups -OCH3 is 1. The minimum absolute atomic E-state index is 0.735. The molecule has 0 saturated carbocycles. The van der Waals surface area contributed by atoms with Crippen LogP contribution in [0.2, 0.25) is 0 Å². The van der Waals surface area contributed by atoms with Gasteiger partial charge in [0.2, 0.25) is 0 Å². The molecule has 0 N–H and O–H groups in total. The predicted octanol–water partition coefficient (Wildman–Crippen LogP) is 3.41. The molecule has 0 fully saturated rings. The third kappa shape index (κ3) is 6.59. The zero-order valence-corrected chi connectivity index (χ0v) is 10.2. The first-order chi connectivity index (χ1) is 7.93. The third-order valence-electron chi connectivity index (χ3n) is 2.50. The molecule has 0 spiro atoms. The summed E-state index contributed by atoms with van der Waals surface area (Å²) in [5.74, 6) is 0. The van der Waals surface area contributed by atoms with Crippen LogP contribution in [0.4, 0.5) is 0 Å². The van der Waals surface area contributed by atoms with Crippen LogP contribution in [0.25, 0.3) is 0 Å². The highest BCUT2D eigenvalue weighted by Crippen LogP contribution is 2.03. The summed E-state index contributed by atoms with van der Waals surface area (Å²) in [5.41, 5.74) is 1.25. The van der Waals surface area contributed by atoms with Crippen molar-refractivity contribution in [3.8, 4) is 0 Å². The molecule has 0 radical (unpaired) electrons. The molecule has 0 aliphatic rings. The van der Waals surface area contributed by atoms with E-state index in [1.54, 1.807) is 7.11 Å². The highest BCUT2D eigenvalue weighted by atomic mass is 16.5. The maximum absolute atomic E-state index is 5.59. The lowest BCUT2D eigenvalue weighted by Crippen LogP contribution is -1.96. The number of hydrogen-bond acceptors (Lipinski definition) is 2. The van der Waals surface area contributed by atoms with E-state index in [1.807, 2.05) is 18.2 Å². The molecule has 0 aromatic heterocycles. The Morgan fingerprint density at radius 2 is 1.56 bits per heavy atom. The van der Waals surface area contributed by atoms with Crippen molar-refractivity contribution in [2.75, 3.05) is 20.3 Å². The van der Waals surface area contributed by atoms with Crippen molar-refractivity contribution < 1.29 is 9.47 Å². The summed E-state index contributed by atoms with van der Waals surface area (Å²) in [7, 11) is 1.75. The monoisotopic (exact) mass is 222 g/mol. The Bertz CT molecular complexity index is 246. The molecule has 0 aliphatic carbocycles. The summed E-state index contributed by atoms with van der Waals surface area (Å²) < 4.78 is 10.6. The number of unbranched alkanes of at least 4 members (excludes halogenated alkanes) is 3. The summed E-state index contributed by atoms with van der Waals surface area (Å²) in [6, 6.07) is 10.3. The zero-order valence-electron chi connectivity index (χ0n) is 10.2. The van der Waals surface area contributed by atoms with Crippen molar-refractivity contribution in [2.24, 2.45) is 0 Å². The van der Waals surface area contributed by atoms with Crippen LogP contribution in [0, 0.1) is 0 Å². The molecular weight excluding hydrogens is 200 g/mol. The zero-order chi connectivity index (χ0) is 11.5. The number of rotatable bonds is 9. The summed E-state index contributed by atoms with van der Waals surface area (Å²) in [4.78, 5) is 0. The molecule has 16 heavy (non-hydrogen) atoms. The molecule has 1 rings (SSSR count). The Labute approximate surface area is 98.6 Å². The summed E-state index contributed by atoms with van der Waals surface area (Å²) in [5, 5.41) is 0. The second-order valence-corrected chi connectivity index (χ2v) is 3.95. The standard InChI is InChI=1S/C14H22O2/c1-15-11-7-2-3-8-12-16-13-14-9-5-4-6-10-14/h4-6,9-10H,2-3,7-8,11-13H2,1H3. The highest BCUT2D eigenvalue weighted by Gasteiger charge is 1.93. The van der Waals surface area contributed by atoms with Crippen molar-refractivity contribution in [3.05, 3.63) is 35.9 Å². The van der Waals surface area contributed by atoms with Crippen LogP contribution in [0.5, 0.6) is 0 Å². The number of ether oxygens (including phenoxy) is 2. The molecule has 0 heterocycles. The van der Waals surface area contributed by atoms with Crippen molar-refractivity contribution in [1.29, 1.82) is 0 Å². The SMILES string of the molecule is COCCCCCCOCc1ccccc1. The van der Waals surface area contributed by atoms with Gasteiger partial charge in [0.15, 0.2) is 0 Å². The van der Waals surface area contributed by atoms with Gasteiger partial charge in [-0.2, -0.15) is 0 Å². The fourth-order valence-electron chi connectivity index (χ4n) is 1.57. The molecule has 1 aromatic rings. The van der Waals surface area contributed by atoms with E-state index in [0.29, 0.717) is 0 Å². The Morgan fingerprint density at radius 1 is 0.875 bits per heavy atom. The van der Waals surface area contributed by atoms with Crippen LogP contribution in [-0.4, -0.2) is 20.3 Å². The third-order valence-corrected chi connectivity index (χ3v) is 2.50. The number of hydrogen-bond donors (Lipinski definition) is 0. The van der Waals surface area contributed by atoms with Crippen LogP contribution in [0.1, 0.15) is 31.2 Å². The minimum atomic E-state index is 0.735. The average molecular weight is 222 g/mol. The topological polar surface area (TPSA) is 18.5 Å². The van der Waals surface area contributed by atoms with E-state index in [-0.39, 0.29) is 0 Å². The molecule has 0 unspecified atom stereocenters. The molecule has 2 nitrogen and oxygen atoms in total. The van der Waals surface area contributed by atoms with Gasteiger partial charge in [-0.05, 0) is 18.4 Å². The van der Waals surface area contributed by atoms with E-state index >= 15 is 0 Å². The second-order valence-electron chi connectivity index (χ2n) is 3.95. The normalized spacial score (nSPS) is 10.6. The lowest BCUT2D eigenvalue weighted by molar-refractivity contribution is 0.116. The lowest BCUT2D eigenvalue weighted by Gasteiger charge is -2.04. The fourth-order valence-corrected chi connectivity index (χ4v) is 1.57. The van der Waals surface area contributed by atoms with Gasteiger partial charge in [0, 0.05) is 20.3 Å². The molecule has 1 aromatic carbocycles. The van der Waals surface area contributed by atoms with Crippen LogP contribution in [0.3, 0.4) is 0 Å². The summed E-state index contributed by atoms with van der Waals surface area (Å²) >= 11 is 0. The van der Waals surface area contributed by atoms with E-state index < -0.39 is 0 Å². The maximum atomic E-state index is 5.59. The van der Waals surface area contributed by atoms with Crippen molar-refractivity contribution in [2.45, 2.75) is 32.3 Å². The fraction of sp³-hybridized carbons (Fsp3) is 0.571. The van der Waals surface area contributed by atoms with E-state index in [9.17, 15) is 0 Å². The largest absolute Gasteiger partial charge is 0.385 e. The van der Waals surface area contributed by atoms with Gasteiger partial charge in [0.1, 0.15) is 0 Å². The van der Waals surface area contributed by atoms with Crippen molar-refractivity contribution >= 4 is 0 Å². The Hall–Kier alpha value is -0.860. The van der Waals surface area contributed by atoms with Gasteiger partial charge in [-0.15, -0.1) is 0 Å². The molecule has 0 aliphatic heterocycles. The molecular formula is C14H22O2. The highest BCUT2D eigenvalue weighted by molar-refractivity contribution is 5.13. The molecule has 0 bridgehead atoms. The Balaban J connectivity index is 1.89. The molecule has 2 heteroatoms. The van der Waals surface area contributed by atoms with Gasteiger partial charge < -0.3 is 9.47 Å². The molecule has 90 valence electrons. The summed E-state index contributed by atoms with van der Waals surface area (Å²) in [6.07, 6.45) is 4.78. The summed E-state index contributed by atoms with van der Waals surface area (Å²) in [6.45, 7) is 2.48. The van der Waals surface area contributed by atoms with E-state index in [0.717, 1.165) is 32.7 Å².